The number of hydrogen-bond acceptors (Lipinski definition) is 6. The summed E-state index contributed by atoms with van der Waals surface area (Å²) in [6, 6.07) is 4.06. The van der Waals surface area contributed by atoms with E-state index in [0.717, 1.165) is 48.6 Å². The van der Waals surface area contributed by atoms with Crippen molar-refractivity contribution in [3.05, 3.63) is 34.0 Å². The second-order valence-electron chi connectivity index (χ2n) is 7.85. The average Bonchev–Trinajstić information content (AvgIpc) is 3.17. The molecule has 164 valence electrons. The highest BCUT2D eigenvalue weighted by Crippen LogP contribution is 2.25. The quantitative estimate of drug-likeness (QED) is 0.266. The van der Waals surface area contributed by atoms with E-state index < -0.39 is 18.2 Å². The molecular formula is C23H31NO5S. The van der Waals surface area contributed by atoms with Crippen LogP contribution in [0.25, 0.3) is 0 Å². The highest BCUT2D eigenvalue weighted by molar-refractivity contribution is 7.12. The number of thiophene rings is 1. The first-order chi connectivity index (χ1) is 14.3. The number of aliphatic carboxylic acids is 1. The molecule has 1 aliphatic rings. The van der Waals surface area contributed by atoms with Gasteiger partial charge in [-0.1, -0.05) is 25.7 Å². The van der Waals surface area contributed by atoms with E-state index in [1.54, 1.807) is 11.3 Å². The Bertz CT molecular complexity index is 783. The summed E-state index contributed by atoms with van der Waals surface area (Å²) >= 11 is 1.64. The number of aryl methyl sites for hydroxylation is 1. The third-order valence-electron chi connectivity index (χ3n) is 5.25. The lowest BCUT2D eigenvalue weighted by atomic mass is 9.89. The number of carboxylic acids is 1. The lowest BCUT2D eigenvalue weighted by molar-refractivity contribution is -0.145. The van der Waals surface area contributed by atoms with Crippen LogP contribution in [0.2, 0.25) is 0 Å². The third kappa shape index (κ3) is 9.12. The molecule has 1 unspecified atom stereocenters. The van der Waals surface area contributed by atoms with E-state index in [2.05, 4.69) is 24.8 Å². The Morgan fingerprint density at radius 3 is 2.73 bits per heavy atom. The number of nitrogens with two attached hydrogens (primary N) is 1. The molecule has 0 aromatic carbocycles. The van der Waals surface area contributed by atoms with E-state index in [1.165, 1.54) is 17.7 Å². The summed E-state index contributed by atoms with van der Waals surface area (Å²) in [5.74, 6) is 5.07. The molecule has 7 heteroatoms. The first-order valence-electron chi connectivity index (χ1n) is 10.4. The van der Waals surface area contributed by atoms with Crippen molar-refractivity contribution in [2.75, 3.05) is 6.61 Å². The SMILES string of the molecule is CC1CCC(OCC#Cc2ccc(CC[C@@H](C)C(N)OC(=O)C=CC(=O)O)s2)CC1. The molecular weight excluding hydrogens is 402 g/mol. The monoisotopic (exact) mass is 433 g/mol. The molecule has 3 N–H and O–H groups in total. The molecule has 6 nitrogen and oxygen atoms in total. The van der Waals surface area contributed by atoms with Gasteiger partial charge in [0.25, 0.3) is 0 Å². The van der Waals surface area contributed by atoms with Crippen LogP contribution in [-0.2, 0) is 25.5 Å². The summed E-state index contributed by atoms with van der Waals surface area (Å²) in [6.45, 7) is 4.67. The van der Waals surface area contributed by atoms with Gasteiger partial charge in [-0.3, -0.25) is 5.73 Å². The first-order valence-corrected chi connectivity index (χ1v) is 11.2. The third-order valence-corrected chi connectivity index (χ3v) is 6.31. The number of rotatable bonds is 9. The van der Waals surface area contributed by atoms with Gasteiger partial charge in [-0.25, -0.2) is 9.59 Å². The zero-order valence-corrected chi connectivity index (χ0v) is 18.5. The molecule has 0 amide bonds. The Balaban J connectivity index is 1.70. The molecule has 1 aromatic heterocycles. The van der Waals surface area contributed by atoms with Gasteiger partial charge in [-0.05, 0) is 56.6 Å². The summed E-state index contributed by atoms with van der Waals surface area (Å²) in [5, 5.41) is 8.51. The molecule has 1 aliphatic carbocycles. The largest absolute Gasteiger partial charge is 0.478 e. The van der Waals surface area contributed by atoms with Crippen LogP contribution in [-0.4, -0.2) is 36.0 Å². The normalized spacial score (nSPS) is 20.9. The van der Waals surface area contributed by atoms with Crippen LogP contribution in [0.1, 0.15) is 55.7 Å². The standard InChI is InChI=1S/C23H31NO5S/c1-16-5-8-18(9-6-16)28-15-3-4-19-11-12-20(30-19)10-7-17(2)23(24)29-22(27)14-13-21(25)26/h11-14,16-18,23H,5-10,15,24H2,1-2H3,(H,25,26)/t16?,17-,18?,23?/m1/s1. The fraction of sp³-hybridized carbons (Fsp3) is 0.565. The van der Waals surface area contributed by atoms with Crippen LogP contribution >= 0.6 is 11.3 Å². The van der Waals surface area contributed by atoms with Gasteiger partial charge >= 0.3 is 11.9 Å². The van der Waals surface area contributed by atoms with Gasteiger partial charge in [-0.15, -0.1) is 11.3 Å². The number of esters is 1. The van der Waals surface area contributed by atoms with Crippen LogP contribution in [0.4, 0.5) is 0 Å². The number of hydrogen-bond donors (Lipinski definition) is 2. The van der Waals surface area contributed by atoms with E-state index in [4.69, 9.17) is 20.3 Å². The number of carboxylic acid groups (broad SMARTS) is 1. The van der Waals surface area contributed by atoms with Gasteiger partial charge in [0.15, 0.2) is 6.23 Å². The Labute approximate surface area is 182 Å². The molecule has 0 radical (unpaired) electrons. The highest BCUT2D eigenvalue weighted by atomic mass is 32.1. The Kier molecular flexibility index (Phi) is 10.1. The zero-order valence-electron chi connectivity index (χ0n) is 17.6. The van der Waals surface area contributed by atoms with E-state index in [-0.39, 0.29) is 5.92 Å². The van der Waals surface area contributed by atoms with Gasteiger partial charge in [0, 0.05) is 22.9 Å². The second-order valence-corrected chi connectivity index (χ2v) is 9.02. The van der Waals surface area contributed by atoms with Gasteiger partial charge < -0.3 is 14.6 Å². The molecule has 0 bridgehead atoms. The van der Waals surface area contributed by atoms with Crippen LogP contribution in [0, 0.1) is 23.7 Å². The minimum Gasteiger partial charge on any atom is -0.478 e. The number of ether oxygens (including phenoxy) is 2. The fourth-order valence-electron chi connectivity index (χ4n) is 3.22. The predicted molar refractivity (Wildman–Crippen MR) is 117 cm³/mol. The smallest absolute Gasteiger partial charge is 0.332 e. The summed E-state index contributed by atoms with van der Waals surface area (Å²) in [4.78, 5) is 24.1. The van der Waals surface area contributed by atoms with Gasteiger partial charge in [0.2, 0.25) is 0 Å². The molecule has 2 rings (SSSR count). The van der Waals surface area contributed by atoms with Crippen LogP contribution in [0.15, 0.2) is 24.3 Å². The van der Waals surface area contributed by atoms with Crippen LogP contribution in [0.5, 0.6) is 0 Å². The molecule has 1 fully saturated rings. The van der Waals surface area contributed by atoms with Crippen molar-refractivity contribution in [3.63, 3.8) is 0 Å². The minimum atomic E-state index is -1.21. The first kappa shape index (κ1) is 24.1. The van der Waals surface area contributed by atoms with Crippen molar-refractivity contribution in [2.45, 2.75) is 64.7 Å². The average molecular weight is 434 g/mol. The summed E-state index contributed by atoms with van der Waals surface area (Å²) < 4.78 is 10.9. The summed E-state index contributed by atoms with van der Waals surface area (Å²) in [7, 11) is 0. The van der Waals surface area contributed by atoms with Crippen molar-refractivity contribution in [1.82, 2.24) is 0 Å². The highest BCUT2D eigenvalue weighted by Gasteiger charge is 2.18. The zero-order chi connectivity index (χ0) is 21.9. The maximum atomic E-state index is 11.5. The summed E-state index contributed by atoms with van der Waals surface area (Å²) in [6.07, 6.45) is 7.47. The molecule has 0 aliphatic heterocycles. The van der Waals surface area contributed by atoms with E-state index in [9.17, 15) is 9.59 Å². The van der Waals surface area contributed by atoms with E-state index in [0.29, 0.717) is 12.7 Å². The molecule has 30 heavy (non-hydrogen) atoms. The van der Waals surface area contributed by atoms with E-state index >= 15 is 0 Å². The van der Waals surface area contributed by atoms with Crippen molar-refractivity contribution < 1.29 is 24.2 Å². The molecule has 1 aromatic rings. The Morgan fingerprint density at radius 2 is 2.03 bits per heavy atom. The predicted octanol–water partition coefficient (Wildman–Crippen LogP) is 3.73. The van der Waals surface area contributed by atoms with Crippen molar-refractivity contribution in [1.29, 1.82) is 0 Å². The lowest BCUT2D eigenvalue weighted by Crippen LogP contribution is -2.33. The van der Waals surface area contributed by atoms with Crippen molar-refractivity contribution in [2.24, 2.45) is 17.6 Å². The molecule has 1 saturated carbocycles. The Morgan fingerprint density at radius 1 is 1.30 bits per heavy atom. The van der Waals surface area contributed by atoms with Crippen molar-refractivity contribution >= 4 is 23.3 Å². The Hall–Kier alpha value is -2.14. The van der Waals surface area contributed by atoms with Gasteiger partial charge in [0.1, 0.15) is 6.61 Å². The number of carbonyl (C=O) groups is 2. The molecule has 0 spiro atoms. The topological polar surface area (TPSA) is 98.9 Å². The number of carbonyl (C=O) groups excluding carboxylic acids is 1. The second kappa shape index (κ2) is 12.5. The molecule has 0 saturated heterocycles. The van der Waals surface area contributed by atoms with E-state index in [1.807, 2.05) is 13.0 Å². The maximum absolute atomic E-state index is 11.5. The maximum Gasteiger partial charge on any atom is 0.332 e. The van der Waals surface area contributed by atoms with Crippen LogP contribution in [0.3, 0.4) is 0 Å². The molecule has 2 atom stereocenters. The van der Waals surface area contributed by atoms with Crippen LogP contribution < -0.4 is 5.73 Å². The lowest BCUT2D eigenvalue weighted by Gasteiger charge is -2.25. The van der Waals surface area contributed by atoms with Gasteiger partial charge in [-0.2, -0.15) is 0 Å². The minimum absolute atomic E-state index is 0.0598. The van der Waals surface area contributed by atoms with Gasteiger partial charge in [0.05, 0.1) is 11.0 Å². The molecule has 1 heterocycles. The summed E-state index contributed by atoms with van der Waals surface area (Å²) in [5.41, 5.74) is 5.89. The van der Waals surface area contributed by atoms with Crippen molar-refractivity contribution in [3.8, 4) is 11.8 Å². The fourth-order valence-corrected chi connectivity index (χ4v) is 4.12.